The Morgan fingerprint density at radius 2 is 0.741 bits per heavy atom. The molecule has 0 fully saturated rings. The van der Waals surface area contributed by atoms with E-state index in [1.54, 1.807) is 11.3 Å². The lowest BCUT2D eigenvalue weighted by molar-refractivity contribution is 0.603. The van der Waals surface area contributed by atoms with Crippen LogP contribution in [0.5, 0.6) is 0 Å². The van der Waals surface area contributed by atoms with Gasteiger partial charge in [-0.2, -0.15) is 0 Å². The van der Waals surface area contributed by atoms with E-state index < -0.39 is 0 Å². The standard InChI is InChI=1S/C67H54N6S12/c1-9-10-11-12-13-39-65-61(71-73-85-65)38(33-69-39)41-15-17-43(75-41)45-19-21-47(77-45)49-23-25-51(79-49)55-31-36-59(53-27-29-57(81-53)67(6,7)8)63-35(58(64(36)83-55)52-26-28-56(80-52)66(3,4)5)30-54(82-63)50-24-22-48(78-50)46-20-18-44(76-46)42-16-14-40(74-42)37-32-68-34(2)62-60(37)70-72-84-62/h14-33H,9-13H2,1-8H3. The number of aromatic nitrogens is 6. The van der Waals surface area contributed by atoms with Crippen molar-refractivity contribution >= 4 is 177 Å². The minimum Gasteiger partial charge on any atom is -0.259 e. The van der Waals surface area contributed by atoms with Crippen LogP contribution in [0.25, 0.3) is 141 Å². The number of hydrogen-bond acceptors (Lipinski definition) is 18. The van der Waals surface area contributed by atoms with E-state index in [1.165, 1.54) is 157 Å². The predicted molar refractivity (Wildman–Crippen MR) is 382 cm³/mol. The number of pyridine rings is 2. The van der Waals surface area contributed by atoms with Gasteiger partial charge in [0.1, 0.15) is 11.0 Å². The van der Waals surface area contributed by atoms with Crippen molar-refractivity contribution in [2.45, 2.75) is 98.3 Å². The van der Waals surface area contributed by atoms with Crippen molar-refractivity contribution in [3.8, 4) is 100 Å². The number of hydrogen-bond donors (Lipinski definition) is 0. The van der Waals surface area contributed by atoms with Crippen molar-refractivity contribution in [3.63, 3.8) is 0 Å². The fourth-order valence-corrected chi connectivity index (χ4v) is 23.6. The Labute approximate surface area is 541 Å². The Balaban J connectivity index is 0.780. The fraction of sp³-hybridized carbons (Fsp3) is 0.224. The highest BCUT2D eigenvalue weighted by atomic mass is 32.1. The molecule has 0 saturated carbocycles. The van der Waals surface area contributed by atoms with E-state index in [0.717, 1.165) is 60.7 Å². The molecule has 0 spiro atoms. The number of unbranched alkanes of at least 4 members (excludes halogenated alkanes) is 3. The van der Waals surface area contributed by atoms with E-state index in [2.05, 4.69) is 182 Å². The van der Waals surface area contributed by atoms with Gasteiger partial charge in [0.2, 0.25) is 0 Å². The van der Waals surface area contributed by atoms with Gasteiger partial charge in [0, 0.05) is 143 Å². The average Bonchev–Trinajstić information content (AvgIpc) is 1.92. The van der Waals surface area contributed by atoms with E-state index in [4.69, 9.17) is 4.98 Å². The van der Waals surface area contributed by atoms with Gasteiger partial charge in [-0.15, -0.1) is 124 Å². The largest absolute Gasteiger partial charge is 0.259 e. The van der Waals surface area contributed by atoms with Gasteiger partial charge < -0.3 is 0 Å². The highest BCUT2D eigenvalue weighted by Gasteiger charge is 2.28. The molecule has 424 valence electrons. The zero-order valence-corrected chi connectivity index (χ0v) is 57.5. The summed E-state index contributed by atoms with van der Waals surface area (Å²) in [6.45, 7) is 18.3. The topological polar surface area (TPSA) is 77.3 Å². The molecule has 1 aromatic carbocycles. The first-order valence-electron chi connectivity index (χ1n) is 28.2. The van der Waals surface area contributed by atoms with Crippen LogP contribution in [0, 0.1) is 6.92 Å². The summed E-state index contributed by atoms with van der Waals surface area (Å²) >= 11 is 21.9. The van der Waals surface area contributed by atoms with Crippen molar-refractivity contribution in [2.24, 2.45) is 0 Å². The molecule has 85 heavy (non-hydrogen) atoms. The third-order valence-corrected chi connectivity index (χ3v) is 30.1. The molecule has 18 heteroatoms. The van der Waals surface area contributed by atoms with Crippen LogP contribution < -0.4 is 0 Å². The molecule has 0 saturated heterocycles. The second-order valence-corrected chi connectivity index (χ2v) is 35.6. The summed E-state index contributed by atoms with van der Waals surface area (Å²) in [4.78, 5) is 32.9. The first kappa shape index (κ1) is 56.2. The Bertz CT molecular complexity index is 4860. The van der Waals surface area contributed by atoms with Crippen LogP contribution in [0.15, 0.2) is 122 Å². The predicted octanol–water partition coefficient (Wildman–Crippen LogP) is 25.1. The van der Waals surface area contributed by atoms with Crippen molar-refractivity contribution in [2.75, 3.05) is 0 Å². The number of rotatable bonds is 15. The molecule has 0 amide bonds. The lowest BCUT2D eigenvalue weighted by Crippen LogP contribution is -2.07. The molecule has 0 bridgehead atoms. The normalized spacial score (nSPS) is 12.5. The van der Waals surface area contributed by atoms with E-state index >= 15 is 0 Å². The van der Waals surface area contributed by atoms with Gasteiger partial charge in [-0.05, 0) is 163 Å². The first-order chi connectivity index (χ1) is 41.2. The second-order valence-electron chi connectivity index (χ2n) is 23.4. The highest BCUT2D eigenvalue weighted by molar-refractivity contribution is 7.32. The molecule has 0 aliphatic heterocycles. The molecule has 15 aromatic rings. The smallest absolute Gasteiger partial charge is 0.118 e. The molecule has 0 N–H and O–H groups in total. The van der Waals surface area contributed by atoms with Crippen LogP contribution in [0.3, 0.4) is 0 Å². The lowest BCUT2D eigenvalue weighted by atomic mass is 9.94. The van der Waals surface area contributed by atoms with Crippen LogP contribution in [-0.2, 0) is 17.3 Å². The average molecular weight is 1330 g/mol. The third-order valence-electron chi connectivity index (χ3n) is 15.3. The van der Waals surface area contributed by atoms with Crippen LogP contribution in [0.4, 0.5) is 0 Å². The third kappa shape index (κ3) is 10.4. The van der Waals surface area contributed by atoms with E-state index in [0.29, 0.717) is 0 Å². The molecule has 6 nitrogen and oxygen atoms in total. The summed E-state index contributed by atoms with van der Waals surface area (Å²) in [6.07, 6.45) is 9.83. The van der Waals surface area contributed by atoms with Crippen molar-refractivity contribution in [1.29, 1.82) is 0 Å². The quantitative estimate of drug-likeness (QED) is 0.0952. The van der Waals surface area contributed by atoms with Crippen LogP contribution in [-0.4, -0.2) is 29.1 Å². The van der Waals surface area contributed by atoms with Gasteiger partial charge in [0.25, 0.3) is 0 Å². The van der Waals surface area contributed by atoms with Gasteiger partial charge in [0.15, 0.2) is 0 Å². The number of aryl methyl sites for hydroxylation is 2. The molecule has 0 radical (unpaired) electrons. The molecular weight excluding hydrogens is 1270 g/mol. The monoisotopic (exact) mass is 1330 g/mol. The Morgan fingerprint density at radius 3 is 1.16 bits per heavy atom. The molecular formula is C67H54N6S12. The molecule has 15 rings (SSSR count). The Hall–Kier alpha value is -5.32. The number of nitrogens with zero attached hydrogens (tertiary/aromatic N) is 6. The van der Waals surface area contributed by atoms with Gasteiger partial charge >= 0.3 is 0 Å². The van der Waals surface area contributed by atoms with Crippen molar-refractivity contribution in [3.05, 3.63) is 143 Å². The Morgan fingerprint density at radius 1 is 0.365 bits per heavy atom. The highest BCUT2D eigenvalue weighted by Crippen LogP contribution is 2.57. The fourth-order valence-electron chi connectivity index (χ4n) is 10.9. The van der Waals surface area contributed by atoms with Gasteiger partial charge in [-0.25, -0.2) is 0 Å². The summed E-state index contributed by atoms with van der Waals surface area (Å²) in [7, 11) is 0. The van der Waals surface area contributed by atoms with Crippen molar-refractivity contribution in [1.82, 2.24) is 29.1 Å². The summed E-state index contributed by atoms with van der Waals surface area (Å²) in [5.74, 6) is 0. The second kappa shape index (κ2) is 22.4. The number of fused-ring (bicyclic) bond motifs is 4. The maximum absolute atomic E-state index is 4.97. The maximum atomic E-state index is 4.97. The van der Waals surface area contributed by atoms with E-state index in [9.17, 15) is 0 Å². The molecule has 14 aromatic heterocycles. The van der Waals surface area contributed by atoms with Gasteiger partial charge in [0.05, 0.1) is 20.8 Å². The van der Waals surface area contributed by atoms with E-state index in [-0.39, 0.29) is 10.8 Å². The van der Waals surface area contributed by atoms with Gasteiger partial charge in [-0.1, -0.05) is 76.7 Å². The summed E-state index contributed by atoms with van der Waals surface area (Å²) < 4.78 is 13.6. The molecule has 0 unspecified atom stereocenters. The Kier molecular flexibility index (Phi) is 14.8. The molecule has 0 atom stereocenters. The number of benzene rings is 1. The molecule has 14 heterocycles. The number of thiophene rings is 10. The lowest BCUT2D eigenvalue weighted by Gasteiger charge is -2.16. The van der Waals surface area contributed by atoms with Crippen molar-refractivity contribution < 1.29 is 0 Å². The zero-order chi connectivity index (χ0) is 57.9. The minimum absolute atomic E-state index is 0.0387. The van der Waals surface area contributed by atoms with Crippen LogP contribution in [0.2, 0.25) is 0 Å². The molecule has 0 aliphatic rings. The maximum Gasteiger partial charge on any atom is 0.118 e. The zero-order valence-electron chi connectivity index (χ0n) is 47.7. The SMILES string of the molecule is CCCCCCc1ncc(-c2ccc(-c3ccc(-c4ccc(-c5cc6c(-c7ccc(C(C)(C)C)s7)c7sc(-c8ccc(-c9ccc(-c%10ccc(-c%11cnc(C)c%12snnc%11%12)s%10)s9)s8)cc7c(-c7ccc(C(C)(C)C)s7)c6s5)s4)s3)s2)c2nnsc12. The summed E-state index contributed by atoms with van der Waals surface area (Å²) in [5.41, 5.74) is 8.95. The summed E-state index contributed by atoms with van der Waals surface area (Å²) in [5, 5.41) is 11.8. The summed E-state index contributed by atoms with van der Waals surface area (Å²) in [6, 6.07) is 42.1. The van der Waals surface area contributed by atoms with Gasteiger partial charge in [-0.3, -0.25) is 9.97 Å². The minimum atomic E-state index is 0.0387. The molecule has 0 aliphatic carbocycles. The van der Waals surface area contributed by atoms with Crippen LogP contribution in [0.1, 0.15) is 95.3 Å². The van der Waals surface area contributed by atoms with E-state index in [1.807, 2.05) is 121 Å². The first-order valence-corrected chi connectivity index (χ1v) is 38.0. The van der Waals surface area contributed by atoms with Crippen LogP contribution >= 0.6 is 136 Å².